The second-order valence-electron chi connectivity index (χ2n) is 3.54. The number of nitrogens with one attached hydrogen (secondary N) is 1. The zero-order valence-electron chi connectivity index (χ0n) is 9.80. The summed E-state index contributed by atoms with van der Waals surface area (Å²) in [6.07, 6.45) is 0. The van der Waals surface area contributed by atoms with Crippen molar-refractivity contribution in [1.29, 1.82) is 0 Å². The predicted molar refractivity (Wildman–Crippen MR) is 74.7 cm³/mol. The molecule has 0 aromatic carbocycles. The highest BCUT2D eigenvalue weighted by atomic mass is 35.7. The third-order valence-electron chi connectivity index (χ3n) is 2.05. The van der Waals surface area contributed by atoms with E-state index in [1.165, 1.54) is 18.3 Å². The lowest BCUT2D eigenvalue weighted by Gasteiger charge is -1.96. The molecule has 0 spiro atoms. The van der Waals surface area contributed by atoms with Crippen LogP contribution in [0.3, 0.4) is 0 Å². The highest BCUT2D eigenvalue weighted by Crippen LogP contribution is 2.29. The molecule has 2 aromatic rings. The maximum atomic E-state index is 11.8. The molecule has 0 bridgehead atoms. The molecule has 2 heterocycles. The Kier molecular flexibility index (Phi) is 3.90. The van der Waals surface area contributed by atoms with Crippen LogP contribution in [-0.4, -0.2) is 24.3 Å². The van der Waals surface area contributed by atoms with Gasteiger partial charge in [-0.2, -0.15) is 0 Å². The molecule has 0 unspecified atom stereocenters. The average Bonchev–Trinajstić information content (AvgIpc) is 2.84. The molecule has 1 N–H and O–H groups in total. The Balaban J connectivity index is 2.23. The van der Waals surface area contributed by atoms with Crippen LogP contribution in [0.4, 0.5) is 5.13 Å². The van der Waals surface area contributed by atoms with E-state index in [2.05, 4.69) is 15.3 Å². The number of aryl methyl sites for hydroxylation is 2. The van der Waals surface area contributed by atoms with Gasteiger partial charge < -0.3 is 0 Å². The second-order valence-corrected chi connectivity index (χ2v) is 8.36. The first kappa shape index (κ1) is 14.4. The molecule has 10 heteroatoms. The zero-order chi connectivity index (χ0) is 14.2. The minimum Gasteiger partial charge on any atom is -0.296 e. The van der Waals surface area contributed by atoms with E-state index in [1.807, 2.05) is 0 Å². The SMILES string of the molecule is Cc1nc(C(=O)Nc2nc(C)c(S(=O)(=O)Cl)s2)cs1. The van der Waals surface area contributed by atoms with Crippen molar-refractivity contribution in [2.45, 2.75) is 18.1 Å². The van der Waals surface area contributed by atoms with E-state index in [0.29, 0.717) is 0 Å². The number of aromatic nitrogens is 2. The van der Waals surface area contributed by atoms with Crippen molar-refractivity contribution in [1.82, 2.24) is 9.97 Å². The van der Waals surface area contributed by atoms with Crippen LogP contribution in [0, 0.1) is 13.8 Å². The zero-order valence-corrected chi connectivity index (χ0v) is 13.0. The van der Waals surface area contributed by atoms with Crippen molar-refractivity contribution in [3.63, 3.8) is 0 Å². The summed E-state index contributed by atoms with van der Waals surface area (Å²) < 4.78 is 22.4. The fourth-order valence-electron chi connectivity index (χ4n) is 1.29. The van der Waals surface area contributed by atoms with Crippen molar-refractivity contribution in [3.05, 3.63) is 21.8 Å². The summed E-state index contributed by atoms with van der Waals surface area (Å²) in [6, 6.07) is 0. The van der Waals surface area contributed by atoms with E-state index < -0.39 is 15.0 Å². The van der Waals surface area contributed by atoms with Gasteiger partial charge >= 0.3 is 0 Å². The third kappa shape index (κ3) is 3.30. The molecule has 102 valence electrons. The van der Waals surface area contributed by atoms with E-state index >= 15 is 0 Å². The van der Waals surface area contributed by atoms with Crippen molar-refractivity contribution < 1.29 is 13.2 Å². The fraction of sp³-hybridized carbons (Fsp3) is 0.222. The van der Waals surface area contributed by atoms with Crippen LogP contribution in [0.2, 0.25) is 0 Å². The third-order valence-corrected chi connectivity index (χ3v) is 6.07. The Hall–Kier alpha value is -1.03. The maximum Gasteiger partial charge on any atom is 0.276 e. The summed E-state index contributed by atoms with van der Waals surface area (Å²) in [4.78, 5) is 19.8. The number of thiazole rings is 2. The monoisotopic (exact) mass is 337 g/mol. The molecule has 6 nitrogen and oxygen atoms in total. The van der Waals surface area contributed by atoms with Crippen LogP contribution in [0.5, 0.6) is 0 Å². The van der Waals surface area contributed by atoms with Crippen molar-refractivity contribution in [2.75, 3.05) is 5.32 Å². The average molecular weight is 338 g/mol. The number of rotatable bonds is 3. The van der Waals surface area contributed by atoms with Gasteiger partial charge in [-0.1, -0.05) is 11.3 Å². The summed E-state index contributed by atoms with van der Waals surface area (Å²) in [6.45, 7) is 3.29. The van der Waals surface area contributed by atoms with Crippen LogP contribution >= 0.6 is 33.4 Å². The number of amides is 1. The number of hydrogen-bond acceptors (Lipinski definition) is 7. The summed E-state index contributed by atoms with van der Waals surface area (Å²) in [5, 5.41) is 5.05. The molecule has 0 fully saturated rings. The van der Waals surface area contributed by atoms with Gasteiger partial charge in [0, 0.05) is 16.1 Å². The normalized spacial score (nSPS) is 11.5. The first-order valence-electron chi connectivity index (χ1n) is 4.93. The molecule has 2 rings (SSSR count). The number of nitrogens with zero attached hydrogens (tertiary/aromatic N) is 2. The first-order valence-corrected chi connectivity index (χ1v) is 8.93. The molecule has 0 saturated heterocycles. The van der Waals surface area contributed by atoms with Crippen LogP contribution in [-0.2, 0) is 9.05 Å². The molecule has 2 aromatic heterocycles. The highest BCUT2D eigenvalue weighted by Gasteiger charge is 2.20. The summed E-state index contributed by atoms with van der Waals surface area (Å²) in [7, 11) is 1.41. The molecule has 0 saturated carbocycles. The predicted octanol–water partition coefficient (Wildman–Crippen LogP) is 2.40. The van der Waals surface area contributed by atoms with Crippen LogP contribution in [0.15, 0.2) is 9.59 Å². The summed E-state index contributed by atoms with van der Waals surface area (Å²) in [5.74, 6) is -0.434. The summed E-state index contributed by atoms with van der Waals surface area (Å²) in [5.41, 5.74) is 0.524. The van der Waals surface area contributed by atoms with Crippen LogP contribution in [0.1, 0.15) is 21.2 Å². The van der Waals surface area contributed by atoms with E-state index in [9.17, 15) is 13.2 Å². The van der Waals surface area contributed by atoms with Gasteiger partial charge in [0.2, 0.25) is 0 Å². The van der Waals surface area contributed by atoms with Crippen molar-refractivity contribution in [3.8, 4) is 0 Å². The first-order chi connectivity index (χ1) is 8.77. The van der Waals surface area contributed by atoms with Gasteiger partial charge in [-0.05, 0) is 13.8 Å². The van der Waals surface area contributed by atoms with Gasteiger partial charge in [-0.15, -0.1) is 11.3 Å². The number of hydrogen-bond donors (Lipinski definition) is 1. The molecule has 0 radical (unpaired) electrons. The molecule has 0 aliphatic rings. The molecular weight excluding hydrogens is 330 g/mol. The van der Waals surface area contributed by atoms with Crippen molar-refractivity contribution in [2.24, 2.45) is 0 Å². The minimum absolute atomic E-state index is 0.0704. The van der Waals surface area contributed by atoms with Crippen LogP contribution in [0.25, 0.3) is 0 Å². The minimum atomic E-state index is -3.85. The Morgan fingerprint density at radius 1 is 1.37 bits per heavy atom. The molecule has 0 aliphatic heterocycles. The number of halogens is 1. The highest BCUT2D eigenvalue weighted by molar-refractivity contribution is 8.15. The van der Waals surface area contributed by atoms with Gasteiger partial charge in [-0.25, -0.2) is 18.4 Å². The number of carbonyl (C=O) groups is 1. The van der Waals surface area contributed by atoms with Gasteiger partial charge in [0.15, 0.2) is 9.34 Å². The lowest BCUT2D eigenvalue weighted by atomic mass is 10.4. The second kappa shape index (κ2) is 5.16. The van der Waals surface area contributed by atoms with Gasteiger partial charge in [0.1, 0.15) is 5.69 Å². The topological polar surface area (TPSA) is 89.0 Å². The molecular formula is C9H8ClN3O3S3. The van der Waals surface area contributed by atoms with E-state index in [4.69, 9.17) is 10.7 Å². The van der Waals surface area contributed by atoms with E-state index in [0.717, 1.165) is 16.3 Å². The Morgan fingerprint density at radius 3 is 2.53 bits per heavy atom. The maximum absolute atomic E-state index is 11.8. The smallest absolute Gasteiger partial charge is 0.276 e. The number of carbonyl (C=O) groups excluding carboxylic acids is 1. The van der Waals surface area contributed by atoms with Gasteiger partial charge in [0.05, 0.1) is 10.7 Å². The molecule has 19 heavy (non-hydrogen) atoms. The summed E-state index contributed by atoms with van der Waals surface area (Å²) >= 11 is 2.16. The largest absolute Gasteiger partial charge is 0.296 e. The molecule has 0 atom stereocenters. The lowest BCUT2D eigenvalue weighted by molar-refractivity contribution is 0.102. The quantitative estimate of drug-likeness (QED) is 0.869. The van der Waals surface area contributed by atoms with Gasteiger partial charge in [-0.3, -0.25) is 10.1 Å². The van der Waals surface area contributed by atoms with Crippen molar-refractivity contribution >= 4 is 53.4 Å². The standard InChI is InChI=1S/C9H8ClN3O3S3/c1-4-8(19(10,15)16)18-9(11-4)13-7(14)6-3-17-5(2)12-6/h3H,1-2H3,(H,11,13,14). The lowest BCUT2D eigenvalue weighted by Crippen LogP contribution is -2.12. The Bertz CT molecular complexity index is 735. The van der Waals surface area contributed by atoms with Gasteiger partial charge in [0.25, 0.3) is 15.0 Å². The van der Waals surface area contributed by atoms with E-state index in [-0.39, 0.29) is 20.7 Å². The fourth-order valence-corrected chi connectivity index (χ4v) is 4.23. The molecule has 1 amide bonds. The number of anilines is 1. The Labute approximate surface area is 121 Å². The van der Waals surface area contributed by atoms with E-state index in [1.54, 1.807) is 12.3 Å². The van der Waals surface area contributed by atoms with Crippen LogP contribution < -0.4 is 5.32 Å². The Morgan fingerprint density at radius 2 is 2.05 bits per heavy atom. The molecule has 0 aliphatic carbocycles.